The van der Waals surface area contributed by atoms with E-state index in [1.54, 1.807) is 0 Å². The molecule has 1 unspecified atom stereocenters. The molecule has 2 nitrogen and oxygen atoms in total. The highest BCUT2D eigenvalue weighted by molar-refractivity contribution is 4.78. The van der Waals surface area contributed by atoms with Gasteiger partial charge in [-0.05, 0) is 0 Å². The van der Waals surface area contributed by atoms with Crippen LogP contribution >= 0.6 is 0 Å². The summed E-state index contributed by atoms with van der Waals surface area (Å²) >= 11 is 0. The van der Waals surface area contributed by atoms with Gasteiger partial charge in [0, 0.05) is 26.2 Å². The van der Waals surface area contributed by atoms with E-state index in [1.807, 2.05) is 0 Å². The Morgan fingerprint density at radius 3 is 2.53 bits per heavy atom. The van der Waals surface area contributed by atoms with Gasteiger partial charge in [-0.2, -0.15) is 13.2 Å². The van der Waals surface area contributed by atoms with Gasteiger partial charge in [-0.25, -0.2) is 8.78 Å². The molecule has 0 bridgehead atoms. The van der Waals surface area contributed by atoms with Gasteiger partial charge in [-0.1, -0.05) is 0 Å². The van der Waals surface area contributed by atoms with Crippen LogP contribution in [0, 0.1) is 5.92 Å². The highest BCUT2D eigenvalue weighted by atomic mass is 19.4. The monoisotopic (exact) mass is 232 g/mol. The predicted molar refractivity (Wildman–Crippen MR) is 44.9 cm³/mol. The Balaban J connectivity index is 2.53. The highest BCUT2D eigenvalue weighted by Gasteiger charge is 2.41. The average molecular weight is 232 g/mol. The number of hydrogen-bond donors (Lipinski definition) is 1. The number of nitrogens with one attached hydrogen (secondary N) is 1. The Hall–Kier alpha value is -0.430. The van der Waals surface area contributed by atoms with Crippen LogP contribution in [-0.2, 0) is 0 Å². The van der Waals surface area contributed by atoms with Crippen LogP contribution in [0.2, 0.25) is 0 Å². The van der Waals surface area contributed by atoms with E-state index in [9.17, 15) is 22.0 Å². The molecule has 0 radical (unpaired) electrons. The summed E-state index contributed by atoms with van der Waals surface area (Å²) in [6.45, 7) is -0.575. The summed E-state index contributed by atoms with van der Waals surface area (Å²) in [4.78, 5) is 1.16. The molecule has 1 aliphatic heterocycles. The SMILES string of the molecule is FC(F)CN1CCNCC(C(F)(F)F)C1. The summed E-state index contributed by atoms with van der Waals surface area (Å²) < 4.78 is 61.2. The first-order valence-electron chi connectivity index (χ1n) is 4.67. The van der Waals surface area contributed by atoms with Gasteiger partial charge in [-0.3, -0.25) is 4.90 Å². The molecule has 0 spiro atoms. The minimum Gasteiger partial charge on any atom is -0.315 e. The third-order valence-electron chi connectivity index (χ3n) is 2.33. The first-order chi connectivity index (χ1) is 6.89. The van der Waals surface area contributed by atoms with E-state index in [-0.39, 0.29) is 19.6 Å². The molecule has 0 aromatic rings. The molecular weight excluding hydrogens is 219 g/mol. The number of nitrogens with zero attached hydrogens (tertiary/aromatic N) is 1. The lowest BCUT2D eigenvalue weighted by Gasteiger charge is -2.24. The zero-order valence-electron chi connectivity index (χ0n) is 8.03. The Bertz CT molecular complexity index is 194. The van der Waals surface area contributed by atoms with Crippen LogP contribution in [-0.4, -0.2) is 50.2 Å². The molecule has 0 aromatic carbocycles. The Morgan fingerprint density at radius 2 is 2.00 bits per heavy atom. The quantitative estimate of drug-likeness (QED) is 0.723. The topological polar surface area (TPSA) is 15.3 Å². The van der Waals surface area contributed by atoms with Gasteiger partial charge < -0.3 is 5.32 Å². The fourth-order valence-corrected chi connectivity index (χ4v) is 1.56. The van der Waals surface area contributed by atoms with Crippen LogP contribution in [0.25, 0.3) is 0 Å². The third kappa shape index (κ3) is 4.29. The molecule has 1 N–H and O–H groups in total. The van der Waals surface area contributed by atoms with Gasteiger partial charge in [-0.15, -0.1) is 0 Å². The van der Waals surface area contributed by atoms with Crippen molar-refractivity contribution >= 4 is 0 Å². The second kappa shape index (κ2) is 5.07. The number of halogens is 5. The van der Waals surface area contributed by atoms with Crippen LogP contribution in [0.4, 0.5) is 22.0 Å². The summed E-state index contributed by atoms with van der Waals surface area (Å²) in [5, 5.41) is 2.60. The van der Waals surface area contributed by atoms with Gasteiger partial charge in [0.05, 0.1) is 12.5 Å². The molecule has 0 amide bonds. The average Bonchev–Trinajstić information content (AvgIpc) is 2.27. The first kappa shape index (κ1) is 12.6. The van der Waals surface area contributed by atoms with E-state index in [2.05, 4.69) is 5.32 Å². The first-order valence-corrected chi connectivity index (χ1v) is 4.67. The Morgan fingerprint density at radius 1 is 1.33 bits per heavy atom. The van der Waals surface area contributed by atoms with Crippen LogP contribution in [0.1, 0.15) is 0 Å². The normalized spacial score (nSPS) is 25.6. The molecule has 0 aromatic heterocycles. The van der Waals surface area contributed by atoms with Crippen molar-refractivity contribution in [3.8, 4) is 0 Å². The van der Waals surface area contributed by atoms with E-state index >= 15 is 0 Å². The summed E-state index contributed by atoms with van der Waals surface area (Å²) in [5.74, 6) is -1.56. The van der Waals surface area contributed by atoms with Crippen molar-refractivity contribution in [2.24, 2.45) is 5.92 Å². The Labute approximate surface area is 84.4 Å². The number of rotatable bonds is 2. The van der Waals surface area contributed by atoms with E-state index in [4.69, 9.17) is 0 Å². The molecule has 90 valence electrons. The van der Waals surface area contributed by atoms with Crippen molar-refractivity contribution in [3.63, 3.8) is 0 Å². The number of hydrogen-bond acceptors (Lipinski definition) is 2. The summed E-state index contributed by atoms with van der Waals surface area (Å²) in [5.41, 5.74) is 0. The van der Waals surface area contributed by atoms with E-state index in [1.165, 1.54) is 0 Å². The third-order valence-corrected chi connectivity index (χ3v) is 2.33. The molecular formula is C8H13F5N2. The fourth-order valence-electron chi connectivity index (χ4n) is 1.56. The van der Waals surface area contributed by atoms with E-state index < -0.39 is 25.1 Å². The maximum atomic E-state index is 12.4. The van der Waals surface area contributed by atoms with Crippen LogP contribution in [0.5, 0.6) is 0 Å². The minimum atomic E-state index is -4.32. The molecule has 1 atom stereocenters. The molecule has 0 aliphatic carbocycles. The predicted octanol–water partition coefficient (Wildman–Crippen LogP) is 1.34. The van der Waals surface area contributed by atoms with E-state index in [0.29, 0.717) is 6.54 Å². The fraction of sp³-hybridized carbons (Fsp3) is 1.00. The second-order valence-electron chi connectivity index (χ2n) is 3.59. The number of alkyl halides is 5. The smallest absolute Gasteiger partial charge is 0.315 e. The van der Waals surface area contributed by atoms with Crippen molar-refractivity contribution in [2.75, 3.05) is 32.7 Å². The standard InChI is InChI=1S/C8H13F5N2/c9-7(10)5-15-2-1-14-3-6(4-15)8(11,12)13/h6-7,14H,1-5H2. The Kier molecular flexibility index (Phi) is 4.27. The molecule has 1 saturated heterocycles. The highest BCUT2D eigenvalue weighted by Crippen LogP contribution is 2.27. The molecule has 1 heterocycles. The van der Waals surface area contributed by atoms with Crippen molar-refractivity contribution in [2.45, 2.75) is 12.6 Å². The maximum absolute atomic E-state index is 12.4. The van der Waals surface area contributed by atoms with Gasteiger partial charge in [0.25, 0.3) is 6.43 Å². The van der Waals surface area contributed by atoms with Crippen molar-refractivity contribution in [3.05, 3.63) is 0 Å². The van der Waals surface area contributed by atoms with Gasteiger partial charge in [0.1, 0.15) is 0 Å². The zero-order valence-corrected chi connectivity index (χ0v) is 8.03. The summed E-state index contributed by atoms with van der Waals surface area (Å²) in [6.07, 6.45) is -6.91. The van der Waals surface area contributed by atoms with Crippen molar-refractivity contribution in [1.29, 1.82) is 0 Å². The molecule has 15 heavy (non-hydrogen) atoms. The van der Waals surface area contributed by atoms with Gasteiger partial charge >= 0.3 is 6.18 Å². The van der Waals surface area contributed by atoms with Crippen LogP contribution in [0.3, 0.4) is 0 Å². The maximum Gasteiger partial charge on any atom is 0.394 e. The zero-order chi connectivity index (χ0) is 11.5. The van der Waals surface area contributed by atoms with Gasteiger partial charge in [0.2, 0.25) is 0 Å². The molecule has 1 fully saturated rings. The molecule has 1 rings (SSSR count). The van der Waals surface area contributed by atoms with Crippen LogP contribution in [0.15, 0.2) is 0 Å². The second-order valence-corrected chi connectivity index (χ2v) is 3.59. The largest absolute Gasteiger partial charge is 0.394 e. The van der Waals surface area contributed by atoms with Crippen LogP contribution < -0.4 is 5.32 Å². The summed E-state index contributed by atoms with van der Waals surface area (Å²) in [7, 11) is 0. The van der Waals surface area contributed by atoms with Crippen molar-refractivity contribution < 1.29 is 22.0 Å². The van der Waals surface area contributed by atoms with Gasteiger partial charge in [0.15, 0.2) is 0 Å². The van der Waals surface area contributed by atoms with E-state index in [0.717, 1.165) is 4.90 Å². The summed E-state index contributed by atoms with van der Waals surface area (Å²) in [6, 6.07) is 0. The lowest BCUT2D eigenvalue weighted by Crippen LogP contribution is -2.39. The molecule has 0 saturated carbocycles. The lowest BCUT2D eigenvalue weighted by molar-refractivity contribution is -0.176. The molecule has 1 aliphatic rings. The molecule has 7 heteroatoms. The van der Waals surface area contributed by atoms with Crippen molar-refractivity contribution in [1.82, 2.24) is 10.2 Å². The minimum absolute atomic E-state index is 0.191. The lowest BCUT2D eigenvalue weighted by atomic mass is 10.1.